The number of aliphatic hydroxyl groups excluding tert-OH is 1. The van der Waals surface area contributed by atoms with Crippen LogP contribution < -0.4 is 5.73 Å². The zero-order valence-electron chi connectivity index (χ0n) is 6.58. The van der Waals surface area contributed by atoms with Gasteiger partial charge in [0, 0.05) is 0 Å². The molecule has 1 atom stereocenters. The highest BCUT2D eigenvalue weighted by molar-refractivity contribution is 5.07. The molecule has 0 aliphatic heterocycles. The van der Waals surface area contributed by atoms with Crippen LogP contribution in [0.5, 0.6) is 0 Å². The van der Waals surface area contributed by atoms with E-state index in [1.165, 1.54) is 0 Å². The molecule has 0 aliphatic carbocycles. The SMILES string of the molecule is Cc1ccc([C@H](O)CCN)o1. The van der Waals surface area contributed by atoms with E-state index in [0.717, 1.165) is 5.76 Å². The summed E-state index contributed by atoms with van der Waals surface area (Å²) in [6.45, 7) is 2.32. The van der Waals surface area contributed by atoms with E-state index in [-0.39, 0.29) is 0 Å². The molecule has 1 aromatic rings. The lowest BCUT2D eigenvalue weighted by molar-refractivity contribution is 0.141. The molecule has 3 nitrogen and oxygen atoms in total. The van der Waals surface area contributed by atoms with Gasteiger partial charge in [0.25, 0.3) is 0 Å². The molecule has 0 amide bonds. The molecule has 62 valence electrons. The van der Waals surface area contributed by atoms with Gasteiger partial charge >= 0.3 is 0 Å². The molecule has 1 rings (SSSR count). The molecule has 0 saturated carbocycles. The molecule has 0 radical (unpaired) electrons. The van der Waals surface area contributed by atoms with Crippen LogP contribution in [-0.4, -0.2) is 11.7 Å². The molecule has 1 heterocycles. The van der Waals surface area contributed by atoms with Crippen LogP contribution >= 0.6 is 0 Å². The van der Waals surface area contributed by atoms with Gasteiger partial charge in [-0.15, -0.1) is 0 Å². The van der Waals surface area contributed by atoms with Crippen LogP contribution in [0, 0.1) is 6.92 Å². The highest BCUT2D eigenvalue weighted by Gasteiger charge is 2.09. The van der Waals surface area contributed by atoms with Crippen molar-refractivity contribution in [3.63, 3.8) is 0 Å². The Bertz CT molecular complexity index is 220. The molecule has 0 aromatic carbocycles. The van der Waals surface area contributed by atoms with Gasteiger partial charge in [0.1, 0.15) is 17.6 Å². The zero-order valence-corrected chi connectivity index (χ0v) is 6.58. The summed E-state index contributed by atoms with van der Waals surface area (Å²) in [6.07, 6.45) is 0.00106. The molecule has 0 aliphatic rings. The maximum atomic E-state index is 9.36. The third-order valence-corrected chi connectivity index (χ3v) is 1.53. The normalized spacial score (nSPS) is 13.4. The fourth-order valence-corrected chi connectivity index (χ4v) is 0.933. The number of hydrogen-bond donors (Lipinski definition) is 2. The number of aryl methyl sites for hydroxylation is 1. The molecular formula is C8H13NO2. The van der Waals surface area contributed by atoms with E-state index in [1.807, 2.05) is 13.0 Å². The Kier molecular flexibility index (Phi) is 2.68. The maximum absolute atomic E-state index is 9.36. The van der Waals surface area contributed by atoms with E-state index in [4.69, 9.17) is 10.2 Å². The average molecular weight is 155 g/mol. The minimum Gasteiger partial charge on any atom is -0.464 e. The van der Waals surface area contributed by atoms with Gasteiger partial charge in [-0.3, -0.25) is 0 Å². The van der Waals surface area contributed by atoms with Crippen LogP contribution in [-0.2, 0) is 0 Å². The molecule has 0 saturated heterocycles. The number of rotatable bonds is 3. The van der Waals surface area contributed by atoms with E-state index >= 15 is 0 Å². The second-order valence-corrected chi connectivity index (χ2v) is 2.54. The van der Waals surface area contributed by atoms with Crippen molar-refractivity contribution in [3.8, 4) is 0 Å². The van der Waals surface area contributed by atoms with Crippen molar-refractivity contribution in [3.05, 3.63) is 23.7 Å². The summed E-state index contributed by atoms with van der Waals surface area (Å²) >= 11 is 0. The number of hydrogen-bond acceptors (Lipinski definition) is 3. The van der Waals surface area contributed by atoms with Crippen molar-refractivity contribution >= 4 is 0 Å². The zero-order chi connectivity index (χ0) is 8.27. The standard InChI is InChI=1S/C8H13NO2/c1-6-2-3-8(11-6)7(10)4-5-9/h2-3,7,10H,4-5,9H2,1H3/t7-/m1/s1. The lowest BCUT2D eigenvalue weighted by Crippen LogP contribution is -2.05. The first-order valence-corrected chi connectivity index (χ1v) is 3.68. The fourth-order valence-electron chi connectivity index (χ4n) is 0.933. The Balaban J connectivity index is 2.60. The van der Waals surface area contributed by atoms with Crippen molar-refractivity contribution in [1.29, 1.82) is 0 Å². The molecule has 0 spiro atoms. The lowest BCUT2D eigenvalue weighted by atomic mass is 10.2. The van der Waals surface area contributed by atoms with Gasteiger partial charge in [0.05, 0.1) is 0 Å². The van der Waals surface area contributed by atoms with Crippen LogP contribution in [0.3, 0.4) is 0 Å². The third-order valence-electron chi connectivity index (χ3n) is 1.53. The first kappa shape index (κ1) is 8.30. The van der Waals surface area contributed by atoms with Gasteiger partial charge in [-0.2, -0.15) is 0 Å². The van der Waals surface area contributed by atoms with Crippen molar-refractivity contribution in [2.45, 2.75) is 19.4 Å². The summed E-state index contributed by atoms with van der Waals surface area (Å²) < 4.78 is 5.19. The summed E-state index contributed by atoms with van der Waals surface area (Å²) in [4.78, 5) is 0. The Morgan fingerprint density at radius 1 is 1.64 bits per heavy atom. The predicted molar refractivity (Wildman–Crippen MR) is 42.1 cm³/mol. The second kappa shape index (κ2) is 3.55. The third kappa shape index (κ3) is 2.06. The number of furan rings is 1. The Morgan fingerprint density at radius 3 is 2.82 bits per heavy atom. The Morgan fingerprint density at radius 2 is 2.36 bits per heavy atom. The predicted octanol–water partition coefficient (Wildman–Crippen LogP) is 0.970. The van der Waals surface area contributed by atoms with Crippen molar-refractivity contribution in [1.82, 2.24) is 0 Å². The summed E-state index contributed by atoms with van der Waals surface area (Å²) in [6, 6.07) is 3.60. The van der Waals surface area contributed by atoms with Crippen LogP contribution in [0.25, 0.3) is 0 Å². The van der Waals surface area contributed by atoms with Crippen molar-refractivity contribution in [2.24, 2.45) is 5.73 Å². The van der Waals surface area contributed by atoms with Gasteiger partial charge in [0.2, 0.25) is 0 Å². The largest absolute Gasteiger partial charge is 0.464 e. The van der Waals surface area contributed by atoms with Gasteiger partial charge in [0.15, 0.2) is 0 Å². The summed E-state index contributed by atoms with van der Waals surface area (Å²) in [5.41, 5.74) is 5.27. The first-order chi connectivity index (χ1) is 5.24. The molecule has 0 unspecified atom stereocenters. The summed E-state index contributed by atoms with van der Waals surface area (Å²) in [7, 11) is 0. The van der Waals surface area contributed by atoms with E-state index < -0.39 is 6.10 Å². The maximum Gasteiger partial charge on any atom is 0.132 e. The highest BCUT2D eigenvalue weighted by atomic mass is 16.4. The van der Waals surface area contributed by atoms with Gasteiger partial charge in [-0.25, -0.2) is 0 Å². The topological polar surface area (TPSA) is 59.4 Å². The molecule has 11 heavy (non-hydrogen) atoms. The summed E-state index contributed by atoms with van der Waals surface area (Å²) in [5, 5.41) is 9.36. The van der Waals surface area contributed by atoms with Crippen LogP contribution in [0.2, 0.25) is 0 Å². The molecule has 0 fully saturated rings. The molecule has 3 heteroatoms. The van der Waals surface area contributed by atoms with Gasteiger partial charge < -0.3 is 15.3 Å². The molecule has 3 N–H and O–H groups in total. The molecule has 1 aromatic heterocycles. The second-order valence-electron chi connectivity index (χ2n) is 2.54. The minimum atomic E-state index is -0.548. The van der Waals surface area contributed by atoms with Crippen LogP contribution in [0.15, 0.2) is 16.5 Å². The smallest absolute Gasteiger partial charge is 0.132 e. The first-order valence-electron chi connectivity index (χ1n) is 3.68. The van der Waals surface area contributed by atoms with Crippen LogP contribution in [0.4, 0.5) is 0 Å². The number of nitrogens with two attached hydrogens (primary N) is 1. The lowest BCUT2D eigenvalue weighted by Gasteiger charge is -2.03. The van der Waals surface area contributed by atoms with Crippen LogP contribution in [0.1, 0.15) is 24.0 Å². The van der Waals surface area contributed by atoms with E-state index in [1.54, 1.807) is 6.07 Å². The van der Waals surface area contributed by atoms with Crippen molar-refractivity contribution < 1.29 is 9.52 Å². The molecule has 0 bridgehead atoms. The average Bonchev–Trinajstić information content (AvgIpc) is 2.36. The van der Waals surface area contributed by atoms with Gasteiger partial charge in [-0.05, 0) is 32.0 Å². The van der Waals surface area contributed by atoms with Crippen molar-refractivity contribution in [2.75, 3.05) is 6.54 Å². The Hall–Kier alpha value is -0.800. The van der Waals surface area contributed by atoms with E-state index in [0.29, 0.717) is 18.7 Å². The summed E-state index contributed by atoms with van der Waals surface area (Å²) in [5.74, 6) is 1.42. The quantitative estimate of drug-likeness (QED) is 0.683. The fraction of sp³-hybridized carbons (Fsp3) is 0.500. The monoisotopic (exact) mass is 155 g/mol. The minimum absolute atomic E-state index is 0.473. The molecular weight excluding hydrogens is 142 g/mol. The highest BCUT2D eigenvalue weighted by Crippen LogP contribution is 2.17. The Labute approximate surface area is 65.8 Å². The number of aliphatic hydroxyl groups is 1. The van der Waals surface area contributed by atoms with E-state index in [9.17, 15) is 5.11 Å². The van der Waals surface area contributed by atoms with Gasteiger partial charge in [-0.1, -0.05) is 0 Å². The van der Waals surface area contributed by atoms with E-state index in [2.05, 4.69) is 0 Å².